The molecule has 1 unspecified atom stereocenters. The number of anilines is 4. The van der Waals surface area contributed by atoms with Gasteiger partial charge in [0.1, 0.15) is 6.10 Å². The molecule has 4 N–H and O–H groups in total. The Labute approximate surface area is 296 Å². The predicted molar refractivity (Wildman–Crippen MR) is 194 cm³/mol. The predicted octanol–water partition coefficient (Wildman–Crippen LogP) is 3.97. The van der Waals surface area contributed by atoms with Crippen molar-refractivity contribution in [3.63, 3.8) is 0 Å². The summed E-state index contributed by atoms with van der Waals surface area (Å²) in [5.74, 6) is 2.25. The SMILES string of the molecule is Cc1cnc(Nc2cc(C)n(CCN3CCOCC3)n2)nc1-c1c[nH]c2c(NC(=O)CN3CCC(Oc4ccnc(NC5CC5)n4)C3)cccc12. The Kier molecular flexibility index (Phi) is 9.47. The molecule has 0 radical (unpaired) electrons. The first kappa shape index (κ1) is 33.0. The number of ether oxygens (including phenoxy) is 2. The van der Waals surface area contributed by atoms with Crippen LogP contribution < -0.4 is 20.7 Å². The van der Waals surface area contributed by atoms with Crippen molar-refractivity contribution < 1.29 is 14.3 Å². The number of nitrogens with zero attached hydrogens (tertiary/aromatic N) is 8. The first-order valence-electron chi connectivity index (χ1n) is 17.8. The molecule has 2 aliphatic heterocycles. The number of hydrogen-bond donors (Lipinski definition) is 4. The van der Waals surface area contributed by atoms with E-state index in [4.69, 9.17) is 19.6 Å². The highest BCUT2D eigenvalue weighted by Gasteiger charge is 2.27. The number of rotatable bonds is 13. The lowest BCUT2D eigenvalue weighted by molar-refractivity contribution is -0.117. The van der Waals surface area contributed by atoms with Crippen LogP contribution in [0.25, 0.3) is 22.2 Å². The van der Waals surface area contributed by atoms with Crippen LogP contribution in [0.1, 0.15) is 30.5 Å². The number of para-hydroxylation sites is 1. The molecule has 3 fully saturated rings. The minimum absolute atomic E-state index is 0.0357. The molecular formula is C36H44N12O3. The number of benzene rings is 1. The fourth-order valence-corrected chi connectivity index (χ4v) is 6.69. The second-order valence-corrected chi connectivity index (χ2v) is 13.6. The van der Waals surface area contributed by atoms with Gasteiger partial charge >= 0.3 is 0 Å². The summed E-state index contributed by atoms with van der Waals surface area (Å²) >= 11 is 0. The van der Waals surface area contributed by atoms with Crippen molar-refractivity contribution >= 4 is 40.2 Å². The van der Waals surface area contributed by atoms with Crippen molar-refractivity contribution in [2.24, 2.45) is 0 Å². The van der Waals surface area contributed by atoms with E-state index in [0.29, 0.717) is 36.2 Å². The molecule has 3 aliphatic rings. The number of aryl methyl sites for hydroxylation is 2. The van der Waals surface area contributed by atoms with Crippen LogP contribution in [0, 0.1) is 13.8 Å². The Morgan fingerprint density at radius 1 is 1.02 bits per heavy atom. The van der Waals surface area contributed by atoms with Gasteiger partial charge in [-0.1, -0.05) is 12.1 Å². The van der Waals surface area contributed by atoms with E-state index >= 15 is 0 Å². The number of carbonyl (C=O) groups excluding carboxylic acids is 1. The van der Waals surface area contributed by atoms with E-state index in [1.54, 1.807) is 12.3 Å². The first-order chi connectivity index (χ1) is 24.9. The van der Waals surface area contributed by atoms with E-state index in [1.807, 2.05) is 48.3 Å². The van der Waals surface area contributed by atoms with Crippen molar-refractivity contribution in [3.8, 4) is 17.1 Å². The Hall–Kier alpha value is -5.12. The molecule has 1 aromatic carbocycles. The molecule has 0 bridgehead atoms. The zero-order valence-electron chi connectivity index (χ0n) is 29.1. The molecule has 15 heteroatoms. The smallest absolute Gasteiger partial charge is 0.238 e. The molecular weight excluding hydrogens is 648 g/mol. The van der Waals surface area contributed by atoms with Crippen molar-refractivity contribution in [1.29, 1.82) is 0 Å². The fraction of sp³-hybridized carbons (Fsp3) is 0.444. The molecule has 1 aliphatic carbocycles. The highest BCUT2D eigenvalue weighted by atomic mass is 16.5. The Bertz CT molecular complexity index is 2000. The van der Waals surface area contributed by atoms with Crippen LogP contribution in [-0.4, -0.2) is 115 Å². The zero-order valence-corrected chi connectivity index (χ0v) is 29.1. The normalized spacial score (nSPS) is 18.3. The van der Waals surface area contributed by atoms with Crippen LogP contribution in [0.5, 0.6) is 5.88 Å². The Morgan fingerprint density at radius 2 is 1.90 bits per heavy atom. The molecule has 5 aromatic rings. The summed E-state index contributed by atoms with van der Waals surface area (Å²) in [6.07, 6.45) is 8.56. The van der Waals surface area contributed by atoms with E-state index < -0.39 is 0 Å². The molecule has 1 saturated carbocycles. The van der Waals surface area contributed by atoms with Crippen LogP contribution in [0.15, 0.2) is 48.9 Å². The molecule has 2 saturated heterocycles. The second-order valence-electron chi connectivity index (χ2n) is 13.6. The summed E-state index contributed by atoms with van der Waals surface area (Å²) in [5, 5.41) is 15.5. The maximum atomic E-state index is 13.2. The van der Waals surface area contributed by atoms with Gasteiger partial charge in [-0.05, 0) is 44.7 Å². The van der Waals surface area contributed by atoms with Gasteiger partial charge in [0.25, 0.3) is 0 Å². The van der Waals surface area contributed by atoms with Gasteiger partial charge in [-0.15, -0.1) is 0 Å². The van der Waals surface area contributed by atoms with E-state index in [0.717, 1.165) is 104 Å². The van der Waals surface area contributed by atoms with Crippen LogP contribution in [0.3, 0.4) is 0 Å². The average molecular weight is 693 g/mol. The number of amides is 1. The highest BCUT2D eigenvalue weighted by molar-refractivity contribution is 6.06. The highest BCUT2D eigenvalue weighted by Crippen LogP contribution is 2.34. The quantitative estimate of drug-likeness (QED) is 0.141. The van der Waals surface area contributed by atoms with Gasteiger partial charge in [-0.3, -0.25) is 19.3 Å². The molecule has 6 heterocycles. The summed E-state index contributed by atoms with van der Waals surface area (Å²) in [6, 6.07) is 10.2. The number of nitrogens with one attached hydrogen (secondary N) is 4. The van der Waals surface area contributed by atoms with Crippen LogP contribution in [-0.2, 0) is 16.1 Å². The van der Waals surface area contributed by atoms with Gasteiger partial charge in [0.05, 0.1) is 43.2 Å². The largest absolute Gasteiger partial charge is 0.473 e. The van der Waals surface area contributed by atoms with Gasteiger partial charge in [0, 0.05) is 86.1 Å². The molecule has 8 rings (SSSR count). The molecule has 266 valence electrons. The number of H-pyrrole nitrogens is 1. The lowest BCUT2D eigenvalue weighted by atomic mass is 10.1. The molecule has 4 aromatic heterocycles. The number of aromatic nitrogens is 7. The van der Waals surface area contributed by atoms with Crippen LogP contribution in [0.4, 0.5) is 23.4 Å². The third kappa shape index (κ3) is 7.95. The number of likely N-dealkylation sites (tertiary alicyclic amines) is 1. The lowest BCUT2D eigenvalue weighted by Crippen LogP contribution is -2.38. The summed E-state index contributed by atoms with van der Waals surface area (Å²) in [6.45, 7) is 10.9. The van der Waals surface area contributed by atoms with Crippen molar-refractivity contribution in [3.05, 3.63) is 60.2 Å². The van der Waals surface area contributed by atoms with Crippen LogP contribution in [0.2, 0.25) is 0 Å². The molecule has 1 atom stereocenters. The topological polar surface area (TPSA) is 163 Å². The monoisotopic (exact) mass is 692 g/mol. The van der Waals surface area contributed by atoms with Crippen LogP contribution >= 0.6 is 0 Å². The lowest BCUT2D eigenvalue weighted by Gasteiger charge is -2.26. The number of morpholine rings is 1. The Balaban J connectivity index is 0.895. The second kappa shape index (κ2) is 14.6. The maximum Gasteiger partial charge on any atom is 0.238 e. The van der Waals surface area contributed by atoms with Gasteiger partial charge < -0.3 is 30.4 Å². The van der Waals surface area contributed by atoms with Crippen molar-refractivity contribution in [2.45, 2.75) is 51.8 Å². The maximum absolute atomic E-state index is 13.2. The third-order valence-corrected chi connectivity index (χ3v) is 9.59. The van der Waals surface area contributed by atoms with Gasteiger partial charge in [-0.25, -0.2) is 15.0 Å². The molecule has 0 spiro atoms. The van der Waals surface area contributed by atoms with E-state index in [1.165, 1.54) is 0 Å². The fourth-order valence-electron chi connectivity index (χ4n) is 6.69. The molecule has 51 heavy (non-hydrogen) atoms. The van der Waals surface area contributed by atoms with Crippen molar-refractivity contribution in [2.75, 3.05) is 68.4 Å². The first-order valence-corrected chi connectivity index (χ1v) is 17.8. The number of aromatic amines is 1. The van der Waals surface area contributed by atoms with Gasteiger partial charge in [0.15, 0.2) is 5.82 Å². The van der Waals surface area contributed by atoms with Crippen molar-refractivity contribution in [1.82, 2.24) is 44.5 Å². The average Bonchev–Trinajstić information content (AvgIpc) is 3.48. The third-order valence-electron chi connectivity index (χ3n) is 9.59. The minimum Gasteiger partial charge on any atom is -0.473 e. The van der Waals surface area contributed by atoms with E-state index in [-0.39, 0.29) is 18.6 Å². The van der Waals surface area contributed by atoms with Gasteiger partial charge in [0.2, 0.25) is 23.7 Å². The van der Waals surface area contributed by atoms with Gasteiger partial charge in [-0.2, -0.15) is 10.1 Å². The summed E-state index contributed by atoms with van der Waals surface area (Å²) in [7, 11) is 0. The number of hydrogen-bond acceptors (Lipinski definition) is 12. The minimum atomic E-state index is -0.0818. The zero-order chi connectivity index (χ0) is 34.7. The number of carbonyl (C=O) groups is 1. The number of fused-ring (bicyclic) bond motifs is 1. The standard InChI is InChI=1S/C36H44N12O3/c1-23-19-39-36(42-30-18-24(2)48(45-30)13-12-46-14-16-50-17-15-46)44-33(23)28-20-38-34-27(28)4-3-5-29(34)41-31(49)22-47-11-9-26(21-47)51-32-8-10-37-35(43-32)40-25-6-7-25/h3-5,8,10,18-20,25-26,38H,6-7,9,11-17,21-22H2,1-2H3,(H,41,49)(H,37,40,43)(H,39,42,44,45). The summed E-state index contributed by atoms with van der Waals surface area (Å²) < 4.78 is 13.6. The Morgan fingerprint density at radius 3 is 2.76 bits per heavy atom. The van der Waals surface area contributed by atoms with E-state index in [2.05, 4.69) is 52.6 Å². The summed E-state index contributed by atoms with van der Waals surface area (Å²) in [5.41, 5.74) is 5.29. The molecule has 15 nitrogen and oxygen atoms in total. The summed E-state index contributed by atoms with van der Waals surface area (Å²) in [4.78, 5) is 39.4. The molecule has 1 amide bonds. The van der Waals surface area contributed by atoms with E-state index in [9.17, 15) is 4.79 Å².